The van der Waals surface area contributed by atoms with Crippen LogP contribution in [-0.4, -0.2) is 69.5 Å². The number of benzene rings is 2. The third-order valence-corrected chi connectivity index (χ3v) is 6.78. The highest BCUT2D eigenvalue weighted by atomic mass is 16.6. The average molecular weight is 475 g/mol. The van der Waals surface area contributed by atoms with Crippen LogP contribution in [0.3, 0.4) is 0 Å². The monoisotopic (exact) mass is 474 g/mol. The SMILES string of the molecule is Cc1ccccc1N1CCN(C(=O)c2n[nH]c3c2CN(C(=O)c2ccccc2[N+](=O)[O-])CC3)CC1. The smallest absolute Gasteiger partial charge is 0.282 e. The van der Waals surface area contributed by atoms with Crippen molar-refractivity contribution >= 4 is 23.2 Å². The van der Waals surface area contributed by atoms with Crippen LogP contribution in [0.1, 0.15) is 37.7 Å². The number of piperazine rings is 1. The van der Waals surface area contributed by atoms with Crippen LogP contribution in [-0.2, 0) is 13.0 Å². The van der Waals surface area contributed by atoms with Gasteiger partial charge >= 0.3 is 0 Å². The predicted molar refractivity (Wildman–Crippen MR) is 129 cm³/mol. The number of hydrogen-bond donors (Lipinski definition) is 1. The zero-order chi connectivity index (χ0) is 24.5. The number of H-pyrrole nitrogens is 1. The first-order valence-electron chi connectivity index (χ1n) is 11.6. The van der Waals surface area contributed by atoms with E-state index in [1.807, 2.05) is 12.1 Å². The number of nitrogens with one attached hydrogen (secondary N) is 1. The molecule has 10 heteroatoms. The number of aryl methyl sites for hydroxylation is 1. The number of aromatic amines is 1. The zero-order valence-electron chi connectivity index (χ0n) is 19.4. The molecule has 2 aromatic carbocycles. The summed E-state index contributed by atoms with van der Waals surface area (Å²) < 4.78 is 0. The van der Waals surface area contributed by atoms with Crippen molar-refractivity contribution in [2.24, 2.45) is 0 Å². The number of para-hydroxylation sites is 2. The van der Waals surface area contributed by atoms with Gasteiger partial charge in [0.05, 0.1) is 11.5 Å². The van der Waals surface area contributed by atoms with Gasteiger partial charge in [-0.2, -0.15) is 5.10 Å². The summed E-state index contributed by atoms with van der Waals surface area (Å²) in [6, 6.07) is 14.2. The van der Waals surface area contributed by atoms with Crippen LogP contribution < -0.4 is 4.90 Å². The first-order chi connectivity index (χ1) is 16.9. The van der Waals surface area contributed by atoms with Gasteiger partial charge < -0.3 is 14.7 Å². The quantitative estimate of drug-likeness (QED) is 0.459. The highest BCUT2D eigenvalue weighted by Gasteiger charge is 2.33. The number of amides is 2. The Morgan fingerprint density at radius 3 is 2.40 bits per heavy atom. The van der Waals surface area contributed by atoms with Crippen molar-refractivity contribution in [1.82, 2.24) is 20.0 Å². The maximum Gasteiger partial charge on any atom is 0.282 e. The average Bonchev–Trinajstić information content (AvgIpc) is 3.31. The second-order valence-corrected chi connectivity index (χ2v) is 8.85. The third kappa shape index (κ3) is 4.23. The van der Waals surface area contributed by atoms with Crippen molar-refractivity contribution in [2.45, 2.75) is 19.9 Å². The van der Waals surface area contributed by atoms with E-state index in [0.29, 0.717) is 37.3 Å². The Morgan fingerprint density at radius 2 is 1.66 bits per heavy atom. The number of hydrogen-bond acceptors (Lipinski definition) is 6. The fourth-order valence-electron chi connectivity index (χ4n) is 4.85. The number of nitro benzene ring substituents is 1. The molecule has 0 bridgehead atoms. The molecule has 0 spiro atoms. The summed E-state index contributed by atoms with van der Waals surface area (Å²) in [5.74, 6) is -0.582. The second kappa shape index (κ2) is 9.21. The number of rotatable bonds is 4. The summed E-state index contributed by atoms with van der Waals surface area (Å²) in [6.45, 7) is 5.27. The number of nitro groups is 1. The van der Waals surface area contributed by atoms with Crippen LogP contribution in [0.4, 0.5) is 11.4 Å². The molecular weight excluding hydrogens is 448 g/mol. The van der Waals surface area contributed by atoms with Gasteiger partial charge in [0, 0.05) is 62.2 Å². The standard InChI is InChI=1S/C25H26N6O4/c1-17-6-2-4-8-21(17)28-12-14-29(15-13-28)25(33)23-19-16-30(11-10-20(19)26-27-23)24(32)18-7-3-5-9-22(18)31(34)35/h2-9H,10-16H2,1H3,(H,26,27). The lowest BCUT2D eigenvalue weighted by Crippen LogP contribution is -2.49. The number of carbonyl (C=O) groups excluding carboxylic acids is 2. The zero-order valence-corrected chi connectivity index (χ0v) is 19.4. The lowest BCUT2D eigenvalue weighted by molar-refractivity contribution is -0.385. The first kappa shape index (κ1) is 22.6. The lowest BCUT2D eigenvalue weighted by atomic mass is 10.0. The fourth-order valence-corrected chi connectivity index (χ4v) is 4.85. The molecule has 2 aliphatic heterocycles. The van der Waals surface area contributed by atoms with Crippen LogP contribution in [0.2, 0.25) is 0 Å². The molecule has 1 fully saturated rings. The lowest BCUT2D eigenvalue weighted by Gasteiger charge is -2.36. The summed E-state index contributed by atoms with van der Waals surface area (Å²) in [5.41, 5.74) is 4.05. The van der Waals surface area contributed by atoms with Crippen LogP contribution in [0, 0.1) is 17.0 Å². The molecule has 2 amide bonds. The van der Waals surface area contributed by atoms with E-state index in [9.17, 15) is 19.7 Å². The molecule has 0 aliphatic carbocycles. The number of nitrogens with zero attached hydrogens (tertiary/aromatic N) is 5. The molecule has 0 unspecified atom stereocenters. The summed E-state index contributed by atoms with van der Waals surface area (Å²) in [6.07, 6.45) is 0.503. The summed E-state index contributed by atoms with van der Waals surface area (Å²) in [7, 11) is 0. The van der Waals surface area contributed by atoms with E-state index in [4.69, 9.17) is 0 Å². The van der Waals surface area contributed by atoms with E-state index in [-0.39, 0.29) is 23.7 Å². The molecule has 180 valence electrons. The maximum absolute atomic E-state index is 13.4. The normalized spacial score (nSPS) is 15.6. The van der Waals surface area contributed by atoms with E-state index >= 15 is 0 Å². The van der Waals surface area contributed by atoms with E-state index in [2.05, 4.69) is 34.2 Å². The summed E-state index contributed by atoms with van der Waals surface area (Å²) in [4.78, 5) is 43.0. The Kier molecular flexibility index (Phi) is 5.94. The molecule has 1 saturated heterocycles. The van der Waals surface area contributed by atoms with Gasteiger partial charge in [-0.1, -0.05) is 30.3 Å². The van der Waals surface area contributed by atoms with Crippen molar-refractivity contribution in [3.8, 4) is 0 Å². The van der Waals surface area contributed by atoms with Crippen molar-refractivity contribution in [2.75, 3.05) is 37.6 Å². The van der Waals surface area contributed by atoms with Gasteiger partial charge in [-0.15, -0.1) is 0 Å². The minimum Gasteiger partial charge on any atom is -0.368 e. The van der Waals surface area contributed by atoms with Crippen molar-refractivity contribution in [1.29, 1.82) is 0 Å². The van der Waals surface area contributed by atoms with E-state index in [1.165, 1.54) is 29.4 Å². The molecule has 3 aromatic rings. The molecule has 0 atom stereocenters. The van der Waals surface area contributed by atoms with Crippen molar-refractivity contribution in [3.05, 3.63) is 86.7 Å². The maximum atomic E-state index is 13.4. The van der Waals surface area contributed by atoms with Crippen molar-refractivity contribution < 1.29 is 14.5 Å². The van der Waals surface area contributed by atoms with Gasteiger partial charge in [-0.3, -0.25) is 24.8 Å². The second-order valence-electron chi connectivity index (χ2n) is 8.85. The Balaban J connectivity index is 1.30. The summed E-state index contributed by atoms with van der Waals surface area (Å²) in [5, 5.41) is 18.6. The van der Waals surface area contributed by atoms with Crippen LogP contribution in [0.5, 0.6) is 0 Å². The Bertz CT molecular complexity index is 1290. The van der Waals surface area contributed by atoms with Gasteiger partial charge in [0.15, 0.2) is 5.69 Å². The van der Waals surface area contributed by atoms with Crippen LogP contribution >= 0.6 is 0 Å². The largest absolute Gasteiger partial charge is 0.368 e. The number of carbonyl (C=O) groups is 2. The first-order valence-corrected chi connectivity index (χ1v) is 11.6. The molecule has 5 rings (SSSR count). The van der Waals surface area contributed by atoms with Gasteiger partial charge in [-0.25, -0.2) is 0 Å². The Morgan fingerprint density at radius 1 is 0.943 bits per heavy atom. The molecule has 10 nitrogen and oxygen atoms in total. The summed E-state index contributed by atoms with van der Waals surface area (Å²) >= 11 is 0. The number of anilines is 1. The predicted octanol–water partition coefficient (Wildman–Crippen LogP) is 2.79. The highest BCUT2D eigenvalue weighted by Crippen LogP contribution is 2.27. The topological polar surface area (TPSA) is 116 Å². The van der Waals surface area contributed by atoms with Gasteiger partial charge in [0.2, 0.25) is 0 Å². The molecule has 0 saturated carbocycles. The van der Waals surface area contributed by atoms with E-state index in [0.717, 1.165) is 18.8 Å². The molecule has 3 heterocycles. The Hall–Kier alpha value is -4.21. The van der Waals surface area contributed by atoms with Crippen LogP contribution in [0.15, 0.2) is 48.5 Å². The minimum atomic E-state index is -0.550. The van der Waals surface area contributed by atoms with E-state index in [1.54, 1.807) is 15.9 Å². The van der Waals surface area contributed by atoms with Gasteiger partial charge in [0.1, 0.15) is 5.56 Å². The van der Waals surface area contributed by atoms with Crippen LogP contribution in [0.25, 0.3) is 0 Å². The number of fused-ring (bicyclic) bond motifs is 1. The molecule has 2 aliphatic rings. The molecule has 35 heavy (non-hydrogen) atoms. The number of aromatic nitrogens is 2. The highest BCUT2D eigenvalue weighted by molar-refractivity contribution is 5.99. The third-order valence-electron chi connectivity index (χ3n) is 6.78. The minimum absolute atomic E-state index is 0.0460. The molecular formula is C25H26N6O4. The van der Waals surface area contributed by atoms with E-state index < -0.39 is 10.8 Å². The van der Waals surface area contributed by atoms with Crippen molar-refractivity contribution in [3.63, 3.8) is 0 Å². The molecule has 0 radical (unpaired) electrons. The molecule has 1 aromatic heterocycles. The molecule has 1 N–H and O–H groups in total. The van der Waals surface area contributed by atoms with Gasteiger partial charge in [0.25, 0.3) is 17.5 Å². The van der Waals surface area contributed by atoms with Gasteiger partial charge in [-0.05, 0) is 24.6 Å². The fraction of sp³-hybridized carbons (Fsp3) is 0.320. The Labute approximate surface area is 202 Å².